The molecule has 1 fully saturated rings. The van der Waals surface area contributed by atoms with Crippen molar-refractivity contribution in [2.45, 2.75) is 26.8 Å². The van der Waals surface area contributed by atoms with E-state index in [0.29, 0.717) is 5.92 Å². The second kappa shape index (κ2) is 10.1. The molecule has 142 valence electrons. The van der Waals surface area contributed by atoms with E-state index in [4.69, 9.17) is 0 Å². The van der Waals surface area contributed by atoms with Crippen LogP contribution in [0, 0.1) is 19.8 Å². The maximum absolute atomic E-state index is 4.56. The van der Waals surface area contributed by atoms with Gasteiger partial charge in [-0.05, 0) is 38.3 Å². The van der Waals surface area contributed by atoms with Crippen LogP contribution in [0.25, 0.3) is 0 Å². The SMILES string of the molecule is CN=C(NCc1nc(C)c(C)s1)NCC1CCN(c2ccccc2)C1.I. The fourth-order valence-corrected chi connectivity index (χ4v) is 3.98. The summed E-state index contributed by atoms with van der Waals surface area (Å²) in [5, 5.41) is 7.94. The van der Waals surface area contributed by atoms with Gasteiger partial charge in [-0.15, -0.1) is 35.3 Å². The number of halogens is 1. The van der Waals surface area contributed by atoms with E-state index in [1.165, 1.54) is 17.0 Å². The molecule has 1 aromatic heterocycles. The fourth-order valence-electron chi connectivity index (χ4n) is 3.11. The molecule has 1 saturated heterocycles. The summed E-state index contributed by atoms with van der Waals surface area (Å²) in [6.07, 6.45) is 1.21. The average molecular weight is 485 g/mol. The van der Waals surface area contributed by atoms with Crippen LogP contribution in [0.5, 0.6) is 0 Å². The Hall–Kier alpha value is -1.35. The number of guanidine groups is 1. The van der Waals surface area contributed by atoms with Crippen LogP contribution < -0.4 is 15.5 Å². The number of aliphatic imine (C=N–C) groups is 1. The van der Waals surface area contributed by atoms with Crippen LogP contribution >= 0.6 is 35.3 Å². The first-order valence-electron chi connectivity index (χ1n) is 8.83. The molecule has 26 heavy (non-hydrogen) atoms. The molecule has 2 N–H and O–H groups in total. The fraction of sp³-hybridized carbons (Fsp3) is 0.474. The number of hydrogen-bond donors (Lipinski definition) is 2. The van der Waals surface area contributed by atoms with Crippen molar-refractivity contribution in [1.29, 1.82) is 0 Å². The van der Waals surface area contributed by atoms with Gasteiger partial charge in [0, 0.05) is 37.2 Å². The van der Waals surface area contributed by atoms with Crippen LogP contribution in [-0.4, -0.2) is 37.6 Å². The van der Waals surface area contributed by atoms with E-state index in [1.54, 1.807) is 11.3 Å². The average Bonchev–Trinajstić information content (AvgIpc) is 3.23. The van der Waals surface area contributed by atoms with Gasteiger partial charge in [0.15, 0.2) is 5.96 Å². The second-order valence-corrected chi connectivity index (χ2v) is 7.78. The number of hydrogen-bond acceptors (Lipinski definition) is 4. The standard InChI is InChI=1S/C19H27N5S.HI/c1-14-15(2)25-18(23-14)12-22-19(20-3)21-11-16-9-10-24(13-16)17-7-5-4-6-8-17;/h4-8,16H,9-13H2,1-3H3,(H2,20,21,22);1H. The summed E-state index contributed by atoms with van der Waals surface area (Å²) < 4.78 is 0. The minimum absolute atomic E-state index is 0. The van der Waals surface area contributed by atoms with Gasteiger partial charge in [0.1, 0.15) is 5.01 Å². The lowest BCUT2D eigenvalue weighted by Gasteiger charge is -2.19. The highest BCUT2D eigenvalue weighted by atomic mass is 127. The second-order valence-electron chi connectivity index (χ2n) is 6.49. The molecule has 0 amide bonds. The van der Waals surface area contributed by atoms with Gasteiger partial charge in [0.2, 0.25) is 0 Å². The Kier molecular flexibility index (Phi) is 8.15. The Morgan fingerprint density at radius 3 is 2.69 bits per heavy atom. The molecule has 1 unspecified atom stereocenters. The van der Waals surface area contributed by atoms with Crippen LogP contribution in [0.15, 0.2) is 35.3 Å². The summed E-state index contributed by atoms with van der Waals surface area (Å²) in [6.45, 7) is 8.06. The summed E-state index contributed by atoms with van der Waals surface area (Å²) in [6, 6.07) is 10.7. The van der Waals surface area contributed by atoms with E-state index < -0.39 is 0 Å². The molecule has 0 radical (unpaired) electrons. The van der Waals surface area contributed by atoms with Crippen molar-refractivity contribution in [2.75, 3.05) is 31.6 Å². The van der Waals surface area contributed by atoms with Crippen molar-refractivity contribution in [3.8, 4) is 0 Å². The minimum Gasteiger partial charge on any atom is -0.371 e. The third-order valence-electron chi connectivity index (χ3n) is 4.67. The molecule has 5 nitrogen and oxygen atoms in total. The first-order chi connectivity index (χ1) is 12.2. The number of thiazole rings is 1. The van der Waals surface area contributed by atoms with Gasteiger partial charge in [-0.25, -0.2) is 4.98 Å². The number of anilines is 1. The van der Waals surface area contributed by atoms with Crippen molar-refractivity contribution in [3.05, 3.63) is 45.9 Å². The molecule has 2 aromatic rings. The van der Waals surface area contributed by atoms with E-state index in [9.17, 15) is 0 Å². The van der Waals surface area contributed by atoms with Crippen LogP contribution in [-0.2, 0) is 6.54 Å². The Balaban J connectivity index is 0.00000243. The van der Waals surface area contributed by atoms with Crippen molar-refractivity contribution < 1.29 is 0 Å². The minimum atomic E-state index is 0. The molecule has 0 bridgehead atoms. The highest BCUT2D eigenvalue weighted by Gasteiger charge is 2.22. The number of rotatable bonds is 5. The highest BCUT2D eigenvalue weighted by Crippen LogP contribution is 2.23. The zero-order valence-electron chi connectivity index (χ0n) is 15.7. The number of aromatic nitrogens is 1. The Morgan fingerprint density at radius 2 is 2.04 bits per heavy atom. The highest BCUT2D eigenvalue weighted by molar-refractivity contribution is 14.0. The largest absolute Gasteiger partial charge is 0.371 e. The monoisotopic (exact) mass is 485 g/mol. The van der Waals surface area contributed by atoms with Gasteiger partial charge in [0.05, 0.1) is 12.2 Å². The molecule has 1 atom stereocenters. The predicted octanol–water partition coefficient (Wildman–Crippen LogP) is 3.57. The molecule has 1 aliphatic rings. The predicted molar refractivity (Wildman–Crippen MR) is 122 cm³/mol. The maximum atomic E-state index is 4.56. The van der Waals surface area contributed by atoms with Crippen molar-refractivity contribution in [2.24, 2.45) is 10.9 Å². The summed E-state index contributed by atoms with van der Waals surface area (Å²) in [5.74, 6) is 1.49. The summed E-state index contributed by atoms with van der Waals surface area (Å²) in [7, 11) is 1.82. The quantitative estimate of drug-likeness (QED) is 0.387. The summed E-state index contributed by atoms with van der Waals surface area (Å²) in [5.41, 5.74) is 2.44. The molecule has 2 heterocycles. The number of para-hydroxylation sites is 1. The van der Waals surface area contributed by atoms with Crippen LogP contribution in [0.3, 0.4) is 0 Å². The molecule has 7 heteroatoms. The van der Waals surface area contributed by atoms with E-state index in [0.717, 1.165) is 42.8 Å². The molecule has 0 aliphatic carbocycles. The van der Waals surface area contributed by atoms with E-state index in [1.807, 2.05) is 7.05 Å². The number of nitrogens with zero attached hydrogens (tertiary/aromatic N) is 3. The van der Waals surface area contributed by atoms with Crippen LogP contribution in [0.1, 0.15) is 22.0 Å². The van der Waals surface area contributed by atoms with Crippen LogP contribution in [0.2, 0.25) is 0 Å². The molecular formula is C19H28IN5S. The van der Waals surface area contributed by atoms with Gasteiger partial charge in [-0.3, -0.25) is 4.99 Å². The molecule has 3 rings (SSSR count). The maximum Gasteiger partial charge on any atom is 0.191 e. The zero-order valence-corrected chi connectivity index (χ0v) is 18.8. The summed E-state index contributed by atoms with van der Waals surface area (Å²) >= 11 is 1.75. The number of benzene rings is 1. The number of nitrogens with one attached hydrogen (secondary N) is 2. The first-order valence-corrected chi connectivity index (χ1v) is 9.64. The van der Waals surface area contributed by atoms with E-state index >= 15 is 0 Å². The molecule has 0 saturated carbocycles. The van der Waals surface area contributed by atoms with Crippen molar-refractivity contribution in [1.82, 2.24) is 15.6 Å². The topological polar surface area (TPSA) is 52.6 Å². The van der Waals surface area contributed by atoms with Gasteiger partial charge >= 0.3 is 0 Å². The van der Waals surface area contributed by atoms with Crippen molar-refractivity contribution >= 4 is 47.0 Å². The third kappa shape index (κ3) is 5.57. The Morgan fingerprint density at radius 1 is 1.27 bits per heavy atom. The Labute approximate surface area is 177 Å². The normalized spacial score (nSPS) is 17.1. The molecule has 1 aliphatic heterocycles. The smallest absolute Gasteiger partial charge is 0.191 e. The van der Waals surface area contributed by atoms with Gasteiger partial charge in [0.25, 0.3) is 0 Å². The van der Waals surface area contributed by atoms with Crippen LogP contribution in [0.4, 0.5) is 5.69 Å². The number of aryl methyl sites for hydroxylation is 2. The summed E-state index contributed by atoms with van der Waals surface area (Å²) in [4.78, 5) is 12.6. The Bertz CT molecular complexity index is 696. The molecule has 0 spiro atoms. The van der Waals surface area contributed by atoms with Crippen molar-refractivity contribution in [3.63, 3.8) is 0 Å². The van der Waals surface area contributed by atoms with Gasteiger partial charge < -0.3 is 15.5 Å². The van der Waals surface area contributed by atoms with E-state index in [2.05, 4.69) is 69.7 Å². The first kappa shape index (κ1) is 21.0. The van der Waals surface area contributed by atoms with Gasteiger partial charge in [-0.2, -0.15) is 0 Å². The zero-order chi connectivity index (χ0) is 17.6. The lowest BCUT2D eigenvalue weighted by molar-refractivity contribution is 0.565. The van der Waals surface area contributed by atoms with E-state index in [-0.39, 0.29) is 24.0 Å². The lowest BCUT2D eigenvalue weighted by atomic mass is 10.1. The molecule has 1 aromatic carbocycles. The lowest BCUT2D eigenvalue weighted by Crippen LogP contribution is -2.39. The molecular weight excluding hydrogens is 457 g/mol. The van der Waals surface area contributed by atoms with Gasteiger partial charge in [-0.1, -0.05) is 18.2 Å². The third-order valence-corrected chi connectivity index (χ3v) is 5.74.